The normalized spacial score (nSPS) is 17.4. The molecule has 0 saturated carbocycles. The Kier molecular flexibility index (Phi) is 6.67. The monoisotopic (exact) mass is 432 g/mol. The average Bonchev–Trinajstić information content (AvgIpc) is 2.75. The zero-order chi connectivity index (χ0) is 21.9. The number of hydrogen-bond acceptors (Lipinski definition) is 5. The van der Waals surface area contributed by atoms with Crippen molar-refractivity contribution in [1.82, 2.24) is 4.31 Å². The minimum absolute atomic E-state index is 0.153. The number of aryl methyl sites for hydroxylation is 2. The molecular weight excluding hydrogens is 404 g/mol. The van der Waals surface area contributed by atoms with Gasteiger partial charge in [-0.2, -0.15) is 4.31 Å². The van der Waals surface area contributed by atoms with E-state index in [2.05, 4.69) is 5.32 Å². The van der Waals surface area contributed by atoms with Crippen molar-refractivity contribution in [2.75, 3.05) is 32.6 Å². The lowest BCUT2D eigenvalue weighted by Gasteiger charge is -2.31. The molecule has 30 heavy (non-hydrogen) atoms. The quantitative estimate of drug-likeness (QED) is 0.757. The van der Waals surface area contributed by atoms with Crippen LogP contribution in [0.5, 0.6) is 11.5 Å². The van der Waals surface area contributed by atoms with Crippen molar-refractivity contribution in [2.24, 2.45) is 5.92 Å². The molecule has 1 heterocycles. The van der Waals surface area contributed by atoms with E-state index in [1.54, 1.807) is 38.3 Å². The number of methoxy groups -OCH3 is 2. The molecule has 0 aliphatic carbocycles. The van der Waals surface area contributed by atoms with Gasteiger partial charge in [0.25, 0.3) is 0 Å². The van der Waals surface area contributed by atoms with Gasteiger partial charge < -0.3 is 14.8 Å². The van der Waals surface area contributed by atoms with Crippen LogP contribution in [0.2, 0.25) is 0 Å². The van der Waals surface area contributed by atoms with Crippen molar-refractivity contribution < 1.29 is 22.7 Å². The van der Waals surface area contributed by atoms with Crippen LogP contribution in [0, 0.1) is 19.8 Å². The van der Waals surface area contributed by atoms with Gasteiger partial charge in [0, 0.05) is 19.2 Å². The predicted molar refractivity (Wildman–Crippen MR) is 116 cm³/mol. The summed E-state index contributed by atoms with van der Waals surface area (Å²) in [5, 5.41) is 2.87. The minimum Gasteiger partial charge on any atom is -0.497 e. The van der Waals surface area contributed by atoms with Gasteiger partial charge in [0.15, 0.2) is 0 Å². The van der Waals surface area contributed by atoms with Gasteiger partial charge in [-0.15, -0.1) is 0 Å². The Labute approximate surface area is 178 Å². The highest BCUT2D eigenvalue weighted by Crippen LogP contribution is 2.31. The fraction of sp³-hybridized carbons (Fsp3) is 0.409. The third kappa shape index (κ3) is 4.60. The molecule has 7 nitrogen and oxygen atoms in total. The third-order valence-electron chi connectivity index (χ3n) is 5.38. The van der Waals surface area contributed by atoms with E-state index in [1.807, 2.05) is 19.1 Å². The van der Waals surface area contributed by atoms with Crippen molar-refractivity contribution in [2.45, 2.75) is 31.6 Å². The van der Waals surface area contributed by atoms with Crippen molar-refractivity contribution in [3.05, 3.63) is 47.5 Å². The molecule has 1 amide bonds. The maximum absolute atomic E-state index is 13.2. The number of carbonyl (C=O) groups excluding carboxylic acids is 1. The lowest BCUT2D eigenvalue weighted by Crippen LogP contribution is -2.43. The van der Waals surface area contributed by atoms with Crippen LogP contribution >= 0.6 is 0 Å². The van der Waals surface area contributed by atoms with E-state index in [-0.39, 0.29) is 12.5 Å². The molecule has 2 aromatic carbocycles. The van der Waals surface area contributed by atoms with Crippen molar-refractivity contribution >= 4 is 21.6 Å². The summed E-state index contributed by atoms with van der Waals surface area (Å²) >= 11 is 0. The molecule has 3 rings (SSSR count). The Hall–Kier alpha value is -2.58. The number of benzene rings is 2. The molecule has 162 valence electrons. The van der Waals surface area contributed by atoms with Gasteiger partial charge in [0.05, 0.1) is 30.7 Å². The predicted octanol–water partition coefficient (Wildman–Crippen LogP) is 3.36. The Morgan fingerprint density at radius 3 is 2.57 bits per heavy atom. The Morgan fingerprint density at radius 2 is 1.87 bits per heavy atom. The molecular formula is C22H28N2O5S. The number of rotatable bonds is 6. The number of carbonyl (C=O) groups is 1. The van der Waals surface area contributed by atoms with Crippen LogP contribution in [0.3, 0.4) is 0 Å². The number of sulfonamides is 1. The van der Waals surface area contributed by atoms with E-state index < -0.39 is 15.9 Å². The second kappa shape index (κ2) is 9.06. The topological polar surface area (TPSA) is 84.9 Å². The largest absolute Gasteiger partial charge is 0.497 e. The highest BCUT2D eigenvalue weighted by molar-refractivity contribution is 7.89. The summed E-state index contributed by atoms with van der Waals surface area (Å²) in [7, 11) is -0.591. The summed E-state index contributed by atoms with van der Waals surface area (Å²) < 4.78 is 38.4. The molecule has 1 fully saturated rings. The Morgan fingerprint density at radius 1 is 1.10 bits per heavy atom. The fourth-order valence-electron chi connectivity index (χ4n) is 3.64. The molecule has 0 bridgehead atoms. The van der Waals surface area contributed by atoms with Crippen molar-refractivity contribution in [3.8, 4) is 11.5 Å². The molecule has 1 aliphatic rings. The molecule has 1 aliphatic heterocycles. The summed E-state index contributed by atoms with van der Waals surface area (Å²) in [6.45, 7) is 4.22. The maximum Gasteiger partial charge on any atom is 0.243 e. The molecule has 2 aromatic rings. The molecule has 1 unspecified atom stereocenters. The summed E-state index contributed by atoms with van der Waals surface area (Å²) in [5.41, 5.74) is 2.12. The third-order valence-corrected chi connectivity index (χ3v) is 7.39. The first-order valence-corrected chi connectivity index (χ1v) is 11.3. The molecule has 0 aromatic heterocycles. The van der Waals surface area contributed by atoms with Gasteiger partial charge >= 0.3 is 0 Å². The van der Waals surface area contributed by atoms with Crippen molar-refractivity contribution in [1.29, 1.82) is 0 Å². The van der Waals surface area contributed by atoms with Gasteiger partial charge in [-0.05, 0) is 56.0 Å². The first kappa shape index (κ1) is 22.1. The number of nitrogens with zero attached hydrogens (tertiary/aromatic N) is 1. The minimum atomic E-state index is -3.66. The van der Waals surface area contributed by atoms with Crippen LogP contribution in [-0.4, -0.2) is 45.9 Å². The van der Waals surface area contributed by atoms with Crippen LogP contribution in [0.25, 0.3) is 0 Å². The molecule has 1 atom stereocenters. The van der Waals surface area contributed by atoms with E-state index in [0.29, 0.717) is 47.0 Å². The maximum atomic E-state index is 13.2. The van der Waals surface area contributed by atoms with E-state index in [1.165, 1.54) is 11.4 Å². The van der Waals surface area contributed by atoms with Gasteiger partial charge in [-0.1, -0.05) is 12.1 Å². The highest BCUT2D eigenvalue weighted by Gasteiger charge is 2.34. The molecule has 1 N–H and O–H groups in total. The van der Waals surface area contributed by atoms with Crippen molar-refractivity contribution in [3.63, 3.8) is 0 Å². The van der Waals surface area contributed by atoms with Gasteiger partial charge in [0.2, 0.25) is 15.9 Å². The SMILES string of the molecule is COc1ccc(NC(=O)C2CCCN(S(=O)(=O)c3cc(C)ccc3C)C2)c(OC)c1. The number of piperidine rings is 1. The smallest absolute Gasteiger partial charge is 0.243 e. The summed E-state index contributed by atoms with van der Waals surface area (Å²) in [6.07, 6.45) is 1.26. The van der Waals surface area contributed by atoms with E-state index in [9.17, 15) is 13.2 Å². The number of amides is 1. The first-order valence-electron chi connectivity index (χ1n) is 9.86. The van der Waals surface area contributed by atoms with E-state index in [0.717, 1.165) is 5.56 Å². The van der Waals surface area contributed by atoms with Gasteiger partial charge in [-0.3, -0.25) is 4.79 Å². The van der Waals surface area contributed by atoms with Gasteiger partial charge in [0.1, 0.15) is 11.5 Å². The summed E-state index contributed by atoms with van der Waals surface area (Å²) in [5.74, 6) is 0.441. The average molecular weight is 433 g/mol. The fourth-order valence-corrected chi connectivity index (χ4v) is 5.47. The number of ether oxygens (including phenoxy) is 2. The van der Waals surface area contributed by atoms with E-state index >= 15 is 0 Å². The van der Waals surface area contributed by atoms with Crippen LogP contribution in [0.1, 0.15) is 24.0 Å². The van der Waals surface area contributed by atoms with Crippen LogP contribution < -0.4 is 14.8 Å². The first-order chi connectivity index (χ1) is 14.3. The number of hydrogen-bond donors (Lipinski definition) is 1. The molecule has 0 spiro atoms. The second-order valence-corrected chi connectivity index (χ2v) is 9.43. The second-order valence-electron chi connectivity index (χ2n) is 7.53. The number of nitrogens with one attached hydrogen (secondary N) is 1. The summed E-state index contributed by atoms with van der Waals surface area (Å²) in [4.78, 5) is 13.2. The number of anilines is 1. The molecule has 0 radical (unpaired) electrons. The zero-order valence-electron chi connectivity index (χ0n) is 17.8. The summed E-state index contributed by atoms with van der Waals surface area (Å²) in [6, 6.07) is 10.5. The van der Waals surface area contributed by atoms with Crippen LogP contribution in [0.4, 0.5) is 5.69 Å². The Bertz CT molecular complexity index is 1040. The van der Waals surface area contributed by atoms with E-state index in [4.69, 9.17) is 9.47 Å². The zero-order valence-corrected chi connectivity index (χ0v) is 18.6. The lowest BCUT2D eigenvalue weighted by molar-refractivity contribution is -0.120. The highest BCUT2D eigenvalue weighted by atomic mass is 32.2. The lowest BCUT2D eigenvalue weighted by atomic mass is 9.98. The van der Waals surface area contributed by atoms with Gasteiger partial charge in [-0.25, -0.2) is 8.42 Å². The van der Waals surface area contributed by atoms with Crippen LogP contribution in [0.15, 0.2) is 41.3 Å². The molecule has 1 saturated heterocycles. The standard InChI is InChI=1S/C22H28N2O5S/c1-15-7-8-16(2)21(12-15)30(26,27)24-11-5-6-17(14-24)22(25)23-19-10-9-18(28-3)13-20(19)29-4/h7-10,12-13,17H,5-6,11,14H2,1-4H3,(H,23,25). The molecule has 8 heteroatoms. The van der Waals surface area contributed by atoms with Crippen LogP contribution in [-0.2, 0) is 14.8 Å². The Balaban J connectivity index is 1.77.